The van der Waals surface area contributed by atoms with Crippen LogP contribution in [0.4, 0.5) is 4.79 Å². The summed E-state index contributed by atoms with van der Waals surface area (Å²) in [5.74, 6) is 0. The minimum absolute atomic E-state index is 0.346. The number of nitriles is 1. The lowest BCUT2D eigenvalue weighted by Gasteiger charge is -2.34. The number of carbonyl (C=O) groups excluding carboxylic acids is 1. The van der Waals surface area contributed by atoms with Gasteiger partial charge in [-0.25, -0.2) is 4.79 Å². The maximum absolute atomic E-state index is 10.6. The largest absolute Gasteiger partial charge is 0.448 e. The van der Waals surface area contributed by atoms with Crippen molar-refractivity contribution >= 4 is 17.0 Å². The maximum atomic E-state index is 10.6. The van der Waals surface area contributed by atoms with Crippen LogP contribution in [0.1, 0.15) is 11.1 Å². The highest BCUT2D eigenvalue weighted by molar-refractivity contribution is 5.84. The van der Waals surface area contributed by atoms with Crippen LogP contribution in [0.2, 0.25) is 0 Å². The van der Waals surface area contributed by atoms with Crippen molar-refractivity contribution in [1.82, 2.24) is 14.8 Å². The Morgan fingerprint density at radius 3 is 2.75 bits per heavy atom. The molecule has 1 aromatic carbocycles. The number of hydrogen-bond acceptors (Lipinski definition) is 5. The fraction of sp³-hybridized carbons (Fsp3) is 0.412. The average Bonchev–Trinajstić information content (AvgIpc) is 2.98. The van der Waals surface area contributed by atoms with E-state index in [0.717, 1.165) is 44.8 Å². The number of fused-ring (bicyclic) bond motifs is 1. The van der Waals surface area contributed by atoms with Gasteiger partial charge in [-0.1, -0.05) is 6.07 Å². The Bertz CT molecular complexity index is 756. The summed E-state index contributed by atoms with van der Waals surface area (Å²) in [5, 5.41) is 10.1. The van der Waals surface area contributed by atoms with E-state index in [1.165, 1.54) is 10.9 Å². The van der Waals surface area contributed by atoms with Crippen LogP contribution in [0.15, 0.2) is 24.4 Å². The lowest BCUT2D eigenvalue weighted by molar-refractivity contribution is 0.0962. The number of nitrogens with two attached hydrogens (primary N) is 1. The van der Waals surface area contributed by atoms with Gasteiger partial charge in [-0.15, -0.1) is 0 Å². The summed E-state index contributed by atoms with van der Waals surface area (Å²) >= 11 is 0. The maximum Gasteiger partial charge on any atom is 0.404 e. The molecule has 1 fully saturated rings. The van der Waals surface area contributed by atoms with Crippen LogP contribution in [-0.4, -0.2) is 60.2 Å². The Kier molecular flexibility index (Phi) is 4.99. The molecule has 1 aliphatic heterocycles. The molecule has 7 heteroatoms. The van der Waals surface area contributed by atoms with Crippen molar-refractivity contribution in [3.05, 3.63) is 35.5 Å². The zero-order valence-corrected chi connectivity index (χ0v) is 13.5. The second kappa shape index (κ2) is 7.34. The van der Waals surface area contributed by atoms with E-state index >= 15 is 0 Å². The summed E-state index contributed by atoms with van der Waals surface area (Å²) in [5.41, 5.74) is 7.89. The number of benzene rings is 1. The number of amides is 1. The monoisotopic (exact) mass is 327 g/mol. The Morgan fingerprint density at radius 1 is 1.29 bits per heavy atom. The van der Waals surface area contributed by atoms with Gasteiger partial charge in [-0.05, 0) is 17.7 Å². The minimum Gasteiger partial charge on any atom is -0.448 e. The Morgan fingerprint density at radius 2 is 2.04 bits per heavy atom. The Balaban J connectivity index is 1.53. The molecule has 24 heavy (non-hydrogen) atoms. The van der Waals surface area contributed by atoms with Crippen LogP contribution in [0.3, 0.4) is 0 Å². The Labute approximate surface area is 140 Å². The first kappa shape index (κ1) is 16.3. The van der Waals surface area contributed by atoms with Crippen LogP contribution in [0, 0.1) is 11.3 Å². The van der Waals surface area contributed by atoms with E-state index in [4.69, 9.17) is 15.7 Å². The topological polar surface area (TPSA) is 98.4 Å². The van der Waals surface area contributed by atoms with Crippen LogP contribution in [0.25, 0.3) is 10.9 Å². The predicted molar refractivity (Wildman–Crippen MR) is 90.3 cm³/mol. The molecular weight excluding hydrogens is 306 g/mol. The van der Waals surface area contributed by atoms with Crippen molar-refractivity contribution in [2.45, 2.75) is 6.54 Å². The van der Waals surface area contributed by atoms with Gasteiger partial charge in [0, 0.05) is 56.4 Å². The van der Waals surface area contributed by atoms with E-state index in [0.29, 0.717) is 12.2 Å². The highest BCUT2D eigenvalue weighted by Crippen LogP contribution is 2.21. The molecule has 0 radical (unpaired) electrons. The quantitative estimate of drug-likeness (QED) is 0.861. The number of piperazine rings is 1. The van der Waals surface area contributed by atoms with Gasteiger partial charge in [-0.2, -0.15) is 5.26 Å². The van der Waals surface area contributed by atoms with Gasteiger partial charge in [0.25, 0.3) is 0 Å². The standard InChI is InChI=1S/C17H21N5O2/c18-10-13-1-2-15-14(11-20-16(15)9-13)12-22-5-3-21(4-6-22)7-8-24-17(19)23/h1-2,9,11,20H,3-8,12H2,(H2,19,23). The van der Waals surface area contributed by atoms with E-state index in [2.05, 4.69) is 20.9 Å². The first-order chi connectivity index (χ1) is 11.7. The number of rotatable bonds is 5. The fourth-order valence-electron chi connectivity index (χ4n) is 3.07. The van der Waals surface area contributed by atoms with Crippen molar-refractivity contribution in [3.8, 4) is 6.07 Å². The second-order valence-corrected chi connectivity index (χ2v) is 5.97. The summed E-state index contributed by atoms with van der Waals surface area (Å²) in [7, 11) is 0. The summed E-state index contributed by atoms with van der Waals surface area (Å²) in [4.78, 5) is 18.5. The number of primary amides is 1. The molecule has 0 atom stereocenters. The van der Waals surface area contributed by atoms with Crippen molar-refractivity contribution in [2.75, 3.05) is 39.3 Å². The lowest BCUT2D eigenvalue weighted by Crippen LogP contribution is -2.46. The number of nitrogens with one attached hydrogen (secondary N) is 1. The number of aromatic amines is 1. The van der Waals surface area contributed by atoms with Crippen LogP contribution in [0.5, 0.6) is 0 Å². The smallest absolute Gasteiger partial charge is 0.404 e. The molecule has 0 bridgehead atoms. The van der Waals surface area contributed by atoms with Crippen molar-refractivity contribution < 1.29 is 9.53 Å². The van der Waals surface area contributed by atoms with Gasteiger partial charge < -0.3 is 15.5 Å². The SMILES string of the molecule is N#Cc1ccc2c(CN3CCN(CCOC(N)=O)CC3)c[nH]c2c1. The Hall–Kier alpha value is -2.56. The summed E-state index contributed by atoms with van der Waals surface area (Å²) in [6, 6.07) is 7.92. The molecule has 3 N–H and O–H groups in total. The molecule has 2 aromatic rings. The van der Waals surface area contributed by atoms with Gasteiger partial charge in [0.05, 0.1) is 11.6 Å². The highest BCUT2D eigenvalue weighted by Gasteiger charge is 2.18. The van der Waals surface area contributed by atoms with E-state index in [9.17, 15) is 4.79 Å². The molecule has 1 saturated heterocycles. The second-order valence-electron chi connectivity index (χ2n) is 5.97. The third-order valence-electron chi connectivity index (χ3n) is 4.41. The molecule has 7 nitrogen and oxygen atoms in total. The van der Waals surface area contributed by atoms with E-state index in [1.54, 1.807) is 0 Å². The zero-order valence-electron chi connectivity index (χ0n) is 13.5. The van der Waals surface area contributed by atoms with Gasteiger partial charge in [0.2, 0.25) is 0 Å². The molecule has 0 aliphatic carbocycles. The van der Waals surface area contributed by atoms with E-state index < -0.39 is 6.09 Å². The normalized spacial score (nSPS) is 16.1. The average molecular weight is 327 g/mol. The first-order valence-corrected chi connectivity index (χ1v) is 8.03. The van der Waals surface area contributed by atoms with Crippen molar-refractivity contribution in [3.63, 3.8) is 0 Å². The minimum atomic E-state index is -0.715. The zero-order chi connectivity index (χ0) is 16.9. The summed E-state index contributed by atoms with van der Waals surface area (Å²) in [6.07, 6.45) is 1.31. The molecule has 126 valence electrons. The number of carbonyl (C=O) groups is 1. The molecule has 0 spiro atoms. The summed E-state index contributed by atoms with van der Waals surface area (Å²) in [6.45, 7) is 5.79. The molecule has 1 aliphatic rings. The summed E-state index contributed by atoms with van der Waals surface area (Å²) < 4.78 is 4.78. The predicted octanol–water partition coefficient (Wildman–Crippen LogP) is 1.25. The number of aromatic nitrogens is 1. The van der Waals surface area contributed by atoms with Crippen LogP contribution >= 0.6 is 0 Å². The van der Waals surface area contributed by atoms with Gasteiger partial charge >= 0.3 is 6.09 Å². The van der Waals surface area contributed by atoms with Crippen LogP contribution in [-0.2, 0) is 11.3 Å². The number of ether oxygens (including phenoxy) is 1. The molecule has 1 aromatic heterocycles. The van der Waals surface area contributed by atoms with E-state index in [1.807, 2.05) is 24.4 Å². The highest BCUT2D eigenvalue weighted by atomic mass is 16.5. The fourth-order valence-corrected chi connectivity index (χ4v) is 3.07. The van der Waals surface area contributed by atoms with Crippen LogP contribution < -0.4 is 5.73 Å². The first-order valence-electron chi connectivity index (χ1n) is 8.03. The molecule has 0 unspecified atom stereocenters. The number of nitrogens with zero attached hydrogens (tertiary/aromatic N) is 3. The van der Waals surface area contributed by atoms with Crippen molar-refractivity contribution in [1.29, 1.82) is 5.26 Å². The molecule has 3 rings (SSSR count). The lowest BCUT2D eigenvalue weighted by atomic mass is 10.1. The molecular formula is C17H21N5O2. The molecule has 2 heterocycles. The van der Waals surface area contributed by atoms with E-state index in [-0.39, 0.29) is 0 Å². The number of H-pyrrole nitrogens is 1. The third kappa shape index (κ3) is 3.85. The van der Waals surface area contributed by atoms with Gasteiger partial charge in [-0.3, -0.25) is 9.80 Å². The van der Waals surface area contributed by atoms with Gasteiger partial charge in [0.15, 0.2) is 0 Å². The number of hydrogen-bond donors (Lipinski definition) is 2. The van der Waals surface area contributed by atoms with Crippen molar-refractivity contribution in [2.24, 2.45) is 5.73 Å². The molecule has 1 amide bonds. The molecule has 0 saturated carbocycles. The van der Waals surface area contributed by atoms with Gasteiger partial charge in [0.1, 0.15) is 6.61 Å². The third-order valence-corrected chi connectivity index (χ3v) is 4.41.